The highest BCUT2D eigenvalue weighted by molar-refractivity contribution is 7.89. The van der Waals surface area contributed by atoms with Gasteiger partial charge in [-0.2, -0.15) is 4.80 Å². The van der Waals surface area contributed by atoms with Crippen LogP contribution in [0.5, 0.6) is 0 Å². The third-order valence-corrected chi connectivity index (χ3v) is 9.14. The van der Waals surface area contributed by atoms with Crippen molar-refractivity contribution in [2.24, 2.45) is 0 Å². The van der Waals surface area contributed by atoms with E-state index in [1.54, 1.807) is 18.2 Å². The number of benzene rings is 1. The lowest BCUT2D eigenvalue weighted by molar-refractivity contribution is 0.243. The zero-order valence-electron chi connectivity index (χ0n) is 18.9. The Morgan fingerprint density at radius 3 is 2.33 bits per heavy atom. The number of aromatic nitrogens is 4. The molecule has 2 fully saturated rings. The second-order valence-corrected chi connectivity index (χ2v) is 12.6. The summed E-state index contributed by atoms with van der Waals surface area (Å²) in [6.07, 6.45) is 8.09. The van der Waals surface area contributed by atoms with Crippen molar-refractivity contribution < 1.29 is 16.8 Å². The topological polar surface area (TPSA) is 139 Å². The van der Waals surface area contributed by atoms with Gasteiger partial charge in [-0.25, -0.2) is 25.9 Å². The summed E-state index contributed by atoms with van der Waals surface area (Å²) < 4.78 is 52.2. The number of tetrazole rings is 1. The highest BCUT2D eigenvalue weighted by atomic mass is 32.2. The molecule has 1 aromatic heterocycles. The molecule has 13 heteroatoms. The summed E-state index contributed by atoms with van der Waals surface area (Å²) in [7, 11) is -5.47. The first-order valence-electron chi connectivity index (χ1n) is 11.3. The Balaban J connectivity index is 1.61. The predicted octanol–water partition coefficient (Wildman–Crippen LogP) is 1.59. The van der Waals surface area contributed by atoms with Gasteiger partial charge in [-0.15, -0.1) is 10.2 Å². The fourth-order valence-electron chi connectivity index (χ4n) is 4.48. The third-order valence-electron chi connectivity index (χ3n) is 6.42. The number of anilines is 1. The molecule has 0 spiro atoms. The molecule has 1 aliphatic heterocycles. The van der Waals surface area contributed by atoms with Crippen LogP contribution in [0.1, 0.15) is 51.0 Å². The van der Waals surface area contributed by atoms with E-state index in [0.29, 0.717) is 43.4 Å². The van der Waals surface area contributed by atoms with Gasteiger partial charge in [0.15, 0.2) is 0 Å². The van der Waals surface area contributed by atoms with Crippen LogP contribution in [0.15, 0.2) is 23.1 Å². The summed E-state index contributed by atoms with van der Waals surface area (Å²) in [4.78, 5) is 1.66. The van der Waals surface area contributed by atoms with Gasteiger partial charge in [0.1, 0.15) is 0 Å². The van der Waals surface area contributed by atoms with Gasteiger partial charge in [-0.3, -0.25) is 0 Å². The summed E-state index contributed by atoms with van der Waals surface area (Å²) in [5.41, 5.74) is 1.36. The Labute approximate surface area is 195 Å². The first-order chi connectivity index (χ1) is 15.7. The third kappa shape index (κ3) is 5.53. The van der Waals surface area contributed by atoms with E-state index in [4.69, 9.17) is 0 Å². The fourth-order valence-corrected chi connectivity index (χ4v) is 6.11. The van der Waals surface area contributed by atoms with Crippen LogP contribution < -0.4 is 10.0 Å². The highest BCUT2D eigenvalue weighted by Crippen LogP contribution is 2.32. The summed E-state index contributed by atoms with van der Waals surface area (Å²) in [6, 6.07) is 5.17. The molecule has 1 saturated carbocycles. The number of sulfonamides is 2. The average Bonchev–Trinajstić information content (AvgIpc) is 3.29. The van der Waals surface area contributed by atoms with E-state index in [2.05, 4.69) is 25.4 Å². The zero-order chi connectivity index (χ0) is 23.6. The van der Waals surface area contributed by atoms with Gasteiger partial charge in [0.25, 0.3) is 0 Å². The van der Waals surface area contributed by atoms with Crippen molar-refractivity contribution >= 4 is 25.7 Å². The maximum absolute atomic E-state index is 12.4. The van der Waals surface area contributed by atoms with Crippen LogP contribution in [-0.4, -0.2) is 73.8 Å². The van der Waals surface area contributed by atoms with Gasteiger partial charge in [0.2, 0.25) is 25.9 Å². The molecule has 1 aliphatic carbocycles. The zero-order valence-corrected chi connectivity index (χ0v) is 20.6. The summed E-state index contributed by atoms with van der Waals surface area (Å²) in [6.45, 7) is 0.815. The molecule has 2 aliphatic rings. The van der Waals surface area contributed by atoms with Gasteiger partial charge in [-0.1, -0.05) is 19.3 Å². The van der Waals surface area contributed by atoms with Crippen molar-refractivity contribution in [2.45, 2.75) is 61.9 Å². The van der Waals surface area contributed by atoms with E-state index in [1.165, 1.54) is 41.7 Å². The minimum atomic E-state index is -3.64. The van der Waals surface area contributed by atoms with Crippen LogP contribution in [0, 0.1) is 0 Å². The number of piperidine rings is 1. The predicted molar refractivity (Wildman–Crippen MR) is 125 cm³/mol. The normalized spacial score (nSPS) is 19.6. The van der Waals surface area contributed by atoms with Crippen LogP contribution in [0.25, 0.3) is 11.4 Å². The summed E-state index contributed by atoms with van der Waals surface area (Å²) >= 11 is 0. The smallest absolute Gasteiger partial charge is 0.240 e. The molecule has 0 amide bonds. The SMILES string of the molecule is CNS(=O)(=O)c1ccc(NC2CCCCC2)c(-c2nnn(C3CCN(S(C)(=O)=O)CC3)n2)c1. The van der Waals surface area contributed by atoms with Crippen molar-refractivity contribution in [3.05, 3.63) is 18.2 Å². The van der Waals surface area contributed by atoms with Crippen LogP contribution in [0.4, 0.5) is 5.69 Å². The van der Waals surface area contributed by atoms with Crippen LogP contribution in [-0.2, 0) is 20.0 Å². The standard InChI is InChI=1S/C20H31N7O4S2/c1-21-33(30,31)17-8-9-19(22-15-6-4-3-5-7-15)18(14-17)20-23-25-27(24-20)16-10-12-26(13-11-16)32(2,28)29/h8-9,14-16,21-22H,3-7,10-13H2,1-2H3. The molecular formula is C20H31N7O4S2. The number of nitrogens with zero attached hydrogens (tertiary/aromatic N) is 5. The summed E-state index contributed by atoms with van der Waals surface area (Å²) in [5, 5.41) is 16.6. The van der Waals surface area contributed by atoms with Crippen molar-refractivity contribution in [2.75, 3.05) is 31.7 Å². The molecule has 0 radical (unpaired) electrons. The number of hydrogen-bond donors (Lipinski definition) is 2. The van der Waals surface area contributed by atoms with E-state index in [-0.39, 0.29) is 10.9 Å². The van der Waals surface area contributed by atoms with E-state index < -0.39 is 20.0 Å². The van der Waals surface area contributed by atoms with Gasteiger partial charge >= 0.3 is 0 Å². The molecule has 0 bridgehead atoms. The lowest BCUT2D eigenvalue weighted by atomic mass is 9.95. The Kier molecular flexibility index (Phi) is 7.03. The number of hydrogen-bond acceptors (Lipinski definition) is 8. The molecule has 33 heavy (non-hydrogen) atoms. The molecule has 2 N–H and O–H groups in total. The molecule has 0 atom stereocenters. The molecule has 182 valence electrons. The Hall–Kier alpha value is -2.09. The fraction of sp³-hybridized carbons (Fsp3) is 0.650. The average molecular weight is 498 g/mol. The first kappa shape index (κ1) is 24.0. The molecular weight excluding hydrogens is 466 g/mol. The Bertz CT molecular complexity index is 1180. The minimum Gasteiger partial charge on any atom is -0.382 e. The van der Waals surface area contributed by atoms with Crippen LogP contribution in [0.3, 0.4) is 0 Å². The molecule has 2 aromatic rings. The molecule has 0 unspecified atom stereocenters. The van der Waals surface area contributed by atoms with Crippen molar-refractivity contribution in [3.8, 4) is 11.4 Å². The van der Waals surface area contributed by atoms with Crippen molar-refractivity contribution in [1.29, 1.82) is 0 Å². The summed E-state index contributed by atoms with van der Waals surface area (Å²) in [5.74, 6) is 0.340. The van der Waals surface area contributed by atoms with E-state index >= 15 is 0 Å². The van der Waals surface area contributed by atoms with Crippen LogP contribution >= 0.6 is 0 Å². The Morgan fingerprint density at radius 2 is 1.70 bits per heavy atom. The van der Waals surface area contributed by atoms with Gasteiger partial charge in [0, 0.05) is 30.4 Å². The number of nitrogens with one attached hydrogen (secondary N) is 2. The second kappa shape index (κ2) is 9.65. The van der Waals surface area contributed by atoms with Gasteiger partial charge in [-0.05, 0) is 56.1 Å². The second-order valence-electron chi connectivity index (χ2n) is 8.72. The molecule has 1 aromatic carbocycles. The number of rotatable bonds is 7. The monoisotopic (exact) mass is 497 g/mol. The molecule has 4 rings (SSSR count). The highest BCUT2D eigenvalue weighted by Gasteiger charge is 2.28. The van der Waals surface area contributed by atoms with E-state index in [9.17, 15) is 16.8 Å². The van der Waals surface area contributed by atoms with Crippen molar-refractivity contribution in [1.82, 2.24) is 29.2 Å². The molecule has 1 saturated heterocycles. The maximum Gasteiger partial charge on any atom is 0.240 e. The maximum atomic E-state index is 12.4. The van der Waals surface area contributed by atoms with Crippen LogP contribution in [0.2, 0.25) is 0 Å². The van der Waals surface area contributed by atoms with Crippen molar-refractivity contribution in [3.63, 3.8) is 0 Å². The molecule has 11 nitrogen and oxygen atoms in total. The van der Waals surface area contributed by atoms with Gasteiger partial charge in [0.05, 0.1) is 17.2 Å². The largest absolute Gasteiger partial charge is 0.382 e. The van der Waals surface area contributed by atoms with Gasteiger partial charge < -0.3 is 5.32 Å². The quantitative estimate of drug-likeness (QED) is 0.588. The minimum absolute atomic E-state index is 0.0665. The lowest BCUT2D eigenvalue weighted by Gasteiger charge is -2.29. The van der Waals surface area contributed by atoms with E-state index in [0.717, 1.165) is 18.5 Å². The molecule has 2 heterocycles. The Morgan fingerprint density at radius 1 is 1.00 bits per heavy atom. The lowest BCUT2D eigenvalue weighted by Crippen LogP contribution is -2.38. The van der Waals surface area contributed by atoms with E-state index in [1.807, 2.05) is 0 Å². The first-order valence-corrected chi connectivity index (χ1v) is 14.6.